The molecule has 34 heavy (non-hydrogen) atoms. The van der Waals surface area contributed by atoms with Gasteiger partial charge in [0.2, 0.25) is 5.91 Å². The molecule has 2 aromatic heterocycles. The first-order chi connectivity index (χ1) is 16.6. The number of benzene rings is 1. The number of rotatable bonds is 7. The molecule has 1 N–H and O–H groups in total. The van der Waals surface area contributed by atoms with Gasteiger partial charge in [-0.2, -0.15) is 0 Å². The second kappa shape index (κ2) is 10.3. The van der Waals surface area contributed by atoms with Crippen LogP contribution in [0.1, 0.15) is 38.5 Å². The minimum Gasteiger partial charge on any atom is -0.355 e. The molecule has 2 aliphatic heterocycles. The van der Waals surface area contributed by atoms with Crippen molar-refractivity contribution in [2.24, 2.45) is 0 Å². The number of hydrogen-bond donors (Lipinski definition) is 1. The molecule has 2 saturated heterocycles. The fourth-order valence-corrected chi connectivity index (χ4v) is 5.61. The molecule has 5 rings (SSSR count). The lowest BCUT2D eigenvalue weighted by molar-refractivity contribution is -0.121. The van der Waals surface area contributed by atoms with E-state index in [9.17, 15) is 14.0 Å². The predicted octanol–water partition coefficient (Wildman–Crippen LogP) is 2.85. The van der Waals surface area contributed by atoms with Crippen molar-refractivity contribution in [2.45, 2.75) is 51.1 Å². The summed E-state index contributed by atoms with van der Waals surface area (Å²) >= 11 is 0. The second-order valence-electron chi connectivity index (χ2n) is 9.66. The molecule has 8 heteroatoms. The van der Waals surface area contributed by atoms with Crippen molar-refractivity contribution in [1.82, 2.24) is 24.1 Å². The number of carbonyl (C=O) groups excluding carboxylic acids is 1. The summed E-state index contributed by atoms with van der Waals surface area (Å²) in [6.45, 7) is 6.19. The topological polar surface area (TPSA) is 62.0 Å². The van der Waals surface area contributed by atoms with E-state index in [4.69, 9.17) is 0 Å². The first-order valence-electron chi connectivity index (χ1n) is 12.6. The monoisotopic (exact) mass is 467 g/mol. The lowest BCUT2D eigenvalue weighted by Gasteiger charge is -2.40. The average Bonchev–Trinajstić information content (AvgIpc) is 3.36. The molecule has 0 radical (unpaired) electrons. The number of carbonyl (C=O) groups is 1. The van der Waals surface area contributed by atoms with Crippen LogP contribution < -0.4 is 10.9 Å². The van der Waals surface area contributed by atoms with Crippen molar-refractivity contribution in [3.05, 3.63) is 52.7 Å². The van der Waals surface area contributed by atoms with Crippen molar-refractivity contribution in [3.63, 3.8) is 0 Å². The van der Waals surface area contributed by atoms with Gasteiger partial charge in [0.15, 0.2) is 0 Å². The van der Waals surface area contributed by atoms with Crippen LogP contribution in [0, 0.1) is 5.82 Å². The fourth-order valence-electron chi connectivity index (χ4n) is 5.61. The Hall–Kier alpha value is -2.71. The maximum Gasteiger partial charge on any atom is 0.275 e. The molecular formula is C26H34FN5O2. The Labute approximate surface area is 199 Å². The minimum absolute atomic E-state index is 0.123. The summed E-state index contributed by atoms with van der Waals surface area (Å²) < 4.78 is 17.0. The highest BCUT2D eigenvalue weighted by molar-refractivity contribution is 5.82. The molecule has 182 valence electrons. The van der Waals surface area contributed by atoms with Gasteiger partial charge in [-0.05, 0) is 95.2 Å². The Bertz CT molecular complexity index is 1210. The van der Waals surface area contributed by atoms with E-state index in [0.29, 0.717) is 23.1 Å². The molecule has 0 aliphatic carbocycles. The number of halogens is 1. The lowest BCUT2D eigenvalue weighted by atomic mass is 10.00. The van der Waals surface area contributed by atoms with Crippen LogP contribution in [0.5, 0.6) is 0 Å². The van der Waals surface area contributed by atoms with E-state index in [1.807, 2.05) is 0 Å². The van der Waals surface area contributed by atoms with Crippen LogP contribution in [-0.4, -0.2) is 70.0 Å². The molecule has 2 fully saturated rings. The van der Waals surface area contributed by atoms with Crippen LogP contribution in [0.3, 0.4) is 0 Å². The van der Waals surface area contributed by atoms with E-state index in [-0.39, 0.29) is 18.0 Å². The number of piperidine rings is 2. The van der Waals surface area contributed by atoms with Crippen molar-refractivity contribution in [3.8, 4) is 0 Å². The van der Waals surface area contributed by atoms with Gasteiger partial charge in [-0.3, -0.25) is 14.2 Å². The molecule has 7 nitrogen and oxygen atoms in total. The largest absolute Gasteiger partial charge is 0.355 e. The lowest BCUT2D eigenvalue weighted by Crippen LogP contribution is -2.47. The molecule has 1 aromatic carbocycles. The number of nitrogens with zero attached hydrogens (tertiary/aromatic N) is 4. The Balaban J connectivity index is 1.13. The number of likely N-dealkylation sites (tertiary alicyclic amines) is 2. The standard InChI is InChI=1S/C26H34FN5O2/c27-20-7-8-22-24(18-20)32(26(34)23-6-4-15-31(22)23)19-25(33)28-11-5-12-29-16-9-21(10-17-29)30-13-2-1-3-14-30/h4,6-8,15,18,21H,1-3,5,9-14,16-17,19H2,(H,28,33). The van der Waals surface area contributed by atoms with Crippen LogP contribution in [0.4, 0.5) is 4.39 Å². The third-order valence-corrected chi connectivity index (χ3v) is 7.44. The fraction of sp³-hybridized carbons (Fsp3) is 0.538. The summed E-state index contributed by atoms with van der Waals surface area (Å²) in [5, 5.41) is 2.95. The molecule has 0 bridgehead atoms. The molecule has 0 spiro atoms. The first-order valence-corrected chi connectivity index (χ1v) is 12.6. The normalized spacial score (nSPS) is 18.6. The van der Waals surface area contributed by atoms with Crippen LogP contribution in [0.2, 0.25) is 0 Å². The van der Waals surface area contributed by atoms with Gasteiger partial charge in [-0.1, -0.05) is 6.42 Å². The minimum atomic E-state index is -0.434. The summed E-state index contributed by atoms with van der Waals surface area (Å²) in [5.41, 5.74) is 1.29. The van der Waals surface area contributed by atoms with E-state index in [0.717, 1.165) is 32.1 Å². The summed E-state index contributed by atoms with van der Waals surface area (Å²) in [6, 6.07) is 8.56. The molecule has 4 heterocycles. The summed E-state index contributed by atoms with van der Waals surface area (Å²) in [7, 11) is 0. The van der Waals surface area contributed by atoms with Crippen LogP contribution in [0.15, 0.2) is 41.3 Å². The molecule has 0 unspecified atom stereocenters. The number of aromatic nitrogens is 2. The van der Waals surface area contributed by atoms with Gasteiger partial charge in [0.05, 0.1) is 11.0 Å². The van der Waals surface area contributed by atoms with Crippen molar-refractivity contribution >= 4 is 22.5 Å². The van der Waals surface area contributed by atoms with Crippen molar-refractivity contribution in [1.29, 1.82) is 0 Å². The predicted molar refractivity (Wildman–Crippen MR) is 132 cm³/mol. The van der Waals surface area contributed by atoms with Crippen LogP contribution in [0.25, 0.3) is 16.6 Å². The summed E-state index contributed by atoms with van der Waals surface area (Å²) in [4.78, 5) is 30.8. The third-order valence-electron chi connectivity index (χ3n) is 7.44. The molecule has 0 atom stereocenters. The van der Waals surface area contributed by atoms with Gasteiger partial charge in [0.25, 0.3) is 5.56 Å². The summed E-state index contributed by atoms with van der Waals surface area (Å²) in [5.74, 6) is -0.663. The highest BCUT2D eigenvalue weighted by Gasteiger charge is 2.25. The quantitative estimate of drug-likeness (QED) is 0.543. The molecule has 3 aromatic rings. The Morgan fingerprint density at radius 3 is 2.59 bits per heavy atom. The Kier molecular flexibility index (Phi) is 6.97. The summed E-state index contributed by atoms with van der Waals surface area (Å²) in [6.07, 6.45) is 9.19. The number of nitrogens with one attached hydrogen (secondary N) is 1. The molecule has 1 amide bonds. The van der Waals surface area contributed by atoms with Crippen LogP contribution in [-0.2, 0) is 11.3 Å². The van der Waals surface area contributed by atoms with E-state index in [1.165, 1.54) is 61.9 Å². The Morgan fingerprint density at radius 1 is 1.00 bits per heavy atom. The van der Waals surface area contributed by atoms with E-state index in [2.05, 4.69) is 15.1 Å². The first kappa shape index (κ1) is 23.1. The van der Waals surface area contributed by atoms with Gasteiger partial charge in [0.1, 0.15) is 17.9 Å². The maximum absolute atomic E-state index is 13.9. The van der Waals surface area contributed by atoms with E-state index < -0.39 is 5.82 Å². The van der Waals surface area contributed by atoms with Crippen LogP contribution >= 0.6 is 0 Å². The smallest absolute Gasteiger partial charge is 0.275 e. The zero-order chi connectivity index (χ0) is 23.5. The number of amides is 1. The zero-order valence-corrected chi connectivity index (χ0v) is 19.7. The van der Waals surface area contributed by atoms with Crippen molar-refractivity contribution < 1.29 is 9.18 Å². The van der Waals surface area contributed by atoms with Gasteiger partial charge < -0.3 is 19.5 Å². The van der Waals surface area contributed by atoms with E-state index in [1.54, 1.807) is 28.8 Å². The second-order valence-corrected chi connectivity index (χ2v) is 9.66. The highest BCUT2D eigenvalue weighted by atomic mass is 19.1. The third kappa shape index (κ3) is 4.88. The Morgan fingerprint density at radius 2 is 1.79 bits per heavy atom. The van der Waals surface area contributed by atoms with Gasteiger partial charge in [-0.25, -0.2) is 4.39 Å². The van der Waals surface area contributed by atoms with E-state index >= 15 is 0 Å². The van der Waals surface area contributed by atoms with Gasteiger partial charge in [-0.15, -0.1) is 0 Å². The molecular weight excluding hydrogens is 433 g/mol. The SMILES string of the molecule is O=C(Cn1c(=O)c2cccn2c2ccc(F)cc21)NCCCN1CCC(N2CCCCC2)CC1. The molecule has 0 saturated carbocycles. The molecule has 2 aliphatic rings. The average molecular weight is 468 g/mol. The number of hydrogen-bond acceptors (Lipinski definition) is 4. The van der Waals surface area contributed by atoms with Gasteiger partial charge in [0, 0.05) is 18.8 Å². The van der Waals surface area contributed by atoms with Crippen molar-refractivity contribution in [2.75, 3.05) is 39.3 Å². The zero-order valence-electron chi connectivity index (χ0n) is 19.7. The highest BCUT2D eigenvalue weighted by Crippen LogP contribution is 2.21. The number of fused-ring (bicyclic) bond motifs is 3. The van der Waals surface area contributed by atoms with Gasteiger partial charge >= 0.3 is 0 Å². The maximum atomic E-state index is 13.9.